The molecule has 2 aliphatic rings. The highest BCUT2D eigenvalue weighted by Gasteiger charge is 2.38. The number of ether oxygens (including phenoxy) is 2. The van der Waals surface area contributed by atoms with Crippen molar-refractivity contribution < 1.29 is 9.47 Å². The molecule has 0 radical (unpaired) electrons. The zero-order chi connectivity index (χ0) is 17.3. The van der Waals surface area contributed by atoms with Gasteiger partial charge in [-0.05, 0) is 57.5 Å². The first-order valence-electron chi connectivity index (χ1n) is 9.06. The molecule has 27 heavy (non-hydrogen) atoms. The van der Waals surface area contributed by atoms with E-state index in [1.54, 1.807) is 0 Å². The van der Waals surface area contributed by atoms with Crippen LogP contribution >= 0.6 is 24.8 Å². The summed E-state index contributed by atoms with van der Waals surface area (Å²) in [6.07, 6.45) is 4.63. The average molecular weight is 411 g/mol. The standard InChI is InChI=1S/C21H26N2O2.2ClH/c1-23(2)21(16-6-4-3-5-7-16)12-10-17(11-13-21)22-18-8-9-19-20(14-18)25-15-24-19;;/h3-9,14,17,22H,10-13,15H2,1-2H3;2*1H. The maximum atomic E-state index is 5.48. The van der Waals surface area contributed by atoms with Crippen molar-refractivity contribution in [1.29, 1.82) is 0 Å². The van der Waals surface area contributed by atoms with E-state index < -0.39 is 0 Å². The minimum absolute atomic E-state index is 0. The predicted molar refractivity (Wildman–Crippen MR) is 115 cm³/mol. The molecule has 1 aliphatic carbocycles. The third-order valence-corrected chi connectivity index (χ3v) is 5.72. The Hall–Kier alpha value is -1.62. The second-order valence-corrected chi connectivity index (χ2v) is 7.28. The SMILES string of the molecule is CN(C)C1(c2ccccc2)CCC(Nc2ccc3c(c2)OCO3)CC1.Cl.Cl. The van der Waals surface area contributed by atoms with Crippen LogP contribution in [0.1, 0.15) is 31.2 Å². The molecule has 0 spiro atoms. The van der Waals surface area contributed by atoms with Crippen LogP contribution < -0.4 is 14.8 Å². The molecule has 1 saturated carbocycles. The Labute approximate surface area is 174 Å². The Kier molecular flexibility index (Phi) is 7.26. The Balaban J connectivity index is 0.00000131. The van der Waals surface area contributed by atoms with Crippen LogP contribution in [0, 0.1) is 0 Å². The van der Waals surface area contributed by atoms with Crippen molar-refractivity contribution in [2.24, 2.45) is 0 Å². The van der Waals surface area contributed by atoms with E-state index in [4.69, 9.17) is 9.47 Å². The maximum absolute atomic E-state index is 5.48. The van der Waals surface area contributed by atoms with Gasteiger partial charge in [0.2, 0.25) is 6.79 Å². The second kappa shape index (κ2) is 9.05. The van der Waals surface area contributed by atoms with E-state index >= 15 is 0 Å². The molecule has 6 heteroatoms. The Bertz CT molecular complexity index is 732. The summed E-state index contributed by atoms with van der Waals surface area (Å²) in [7, 11) is 4.41. The third kappa shape index (κ3) is 4.29. The molecule has 4 rings (SSSR count). The maximum Gasteiger partial charge on any atom is 0.231 e. The summed E-state index contributed by atoms with van der Waals surface area (Å²) in [5.41, 5.74) is 2.70. The minimum atomic E-state index is 0. The van der Waals surface area contributed by atoms with E-state index in [0.717, 1.165) is 42.9 Å². The average Bonchev–Trinajstić information content (AvgIpc) is 3.11. The van der Waals surface area contributed by atoms with Crippen LogP contribution in [0.4, 0.5) is 5.69 Å². The fourth-order valence-electron chi connectivity index (χ4n) is 4.20. The van der Waals surface area contributed by atoms with Crippen LogP contribution in [-0.2, 0) is 5.54 Å². The summed E-state index contributed by atoms with van der Waals surface area (Å²) >= 11 is 0. The largest absolute Gasteiger partial charge is 0.454 e. The highest BCUT2D eigenvalue weighted by molar-refractivity contribution is 5.85. The molecule has 2 aromatic rings. The van der Waals surface area contributed by atoms with Crippen LogP contribution in [0.3, 0.4) is 0 Å². The molecule has 0 unspecified atom stereocenters. The Morgan fingerprint density at radius 1 is 0.926 bits per heavy atom. The lowest BCUT2D eigenvalue weighted by Gasteiger charge is -2.46. The van der Waals surface area contributed by atoms with Crippen molar-refractivity contribution in [3.05, 3.63) is 54.1 Å². The first-order valence-corrected chi connectivity index (χ1v) is 9.06. The highest BCUT2D eigenvalue weighted by Crippen LogP contribution is 2.42. The Morgan fingerprint density at radius 3 is 2.26 bits per heavy atom. The lowest BCUT2D eigenvalue weighted by atomic mass is 9.74. The van der Waals surface area contributed by atoms with E-state index in [-0.39, 0.29) is 30.4 Å². The van der Waals surface area contributed by atoms with Crippen molar-refractivity contribution in [2.75, 3.05) is 26.2 Å². The van der Waals surface area contributed by atoms with Gasteiger partial charge in [-0.1, -0.05) is 30.3 Å². The van der Waals surface area contributed by atoms with Crippen molar-refractivity contribution in [3.63, 3.8) is 0 Å². The lowest BCUT2D eigenvalue weighted by Crippen LogP contribution is -2.46. The van der Waals surface area contributed by atoms with Gasteiger partial charge in [-0.2, -0.15) is 0 Å². The van der Waals surface area contributed by atoms with Crippen LogP contribution in [-0.4, -0.2) is 31.8 Å². The number of nitrogens with one attached hydrogen (secondary N) is 1. The number of hydrogen-bond donors (Lipinski definition) is 1. The van der Waals surface area contributed by atoms with Gasteiger partial charge in [-0.15, -0.1) is 24.8 Å². The number of fused-ring (bicyclic) bond motifs is 1. The van der Waals surface area contributed by atoms with Gasteiger partial charge in [0.1, 0.15) is 0 Å². The fourth-order valence-corrected chi connectivity index (χ4v) is 4.20. The minimum Gasteiger partial charge on any atom is -0.454 e. The lowest BCUT2D eigenvalue weighted by molar-refractivity contribution is 0.0945. The van der Waals surface area contributed by atoms with Gasteiger partial charge in [-0.25, -0.2) is 0 Å². The zero-order valence-corrected chi connectivity index (χ0v) is 17.4. The van der Waals surface area contributed by atoms with Gasteiger partial charge in [0.15, 0.2) is 11.5 Å². The number of halogens is 2. The molecule has 0 bridgehead atoms. The van der Waals surface area contributed by atoms with Crippen molar-refractivity contribution >= 4 is 30.5 Å². The second-order valence-electron chi connectivity index (χ2n) is 7.28. The van der Waals surface area contributed by atoms with Gasteiger partial charge in [0.25, 0.3) is 0 Å². The van der Waals surface area contributed by atoms with Gasteiger partial charge in [0.05, 0.1) is 0 Å². The molecule has 0 saturated heterocycles. The number of anilines is 1. The number of nitrogens with zero attached hydrogens (tertiary/aromatic N) is 1. The van der Waals surface area contributed by atoms with Crippen molar-refractivity contribution in [3.8, 4) is 11.5 Å². The van der Waals surface area contributed by atoms with Crippen molar-refractivity contribution in [2.45, 2.75) is 37.3 Å². The van der Waals surface area contributed by atoms with Gasteiger partial charge >= 0.3 is 0 Å². The molecule has 0 amide bonds. The molecule has 148 valence electrons. The molecule has 0 atom stereocenters. The molecule has 4 nitrogen and oxygen atoms in total. The van der Waals surface area contributed by atoms with Gasteiger partial charge in [-0.3, -0.25) is 4.90 Å². The molecule has 0 aromatic heterocycles. The first kappa shape index (κ1) is 21.7. The molecule has 1 N–H and O–H groups in total. The number of rotatable bonds is 4. The molecular weight excluding hydrogens is 383 g/mol. The smallest absolute Gasteiger partial charge is 0.231 e. The molecule has 1 aliphatic heterocycles. The van der Waals surface area contributed by atoms with E-state index in [9.17, 15) is 0 Å². The van der Waals surface area contributed by atoms with Crippen molar-refractivity contribution in [1.82, 2.24) is 4.90 Å². The topological polar surface area (TPSA) is 33.7 Å². The van der Waals surface area contributed by atoms with Crippen LogP contribution in [0.2, 0.25) is 0 Å². The number of hydrogen-bond acceptors (Lipinski definition) is 4. The molecule has 1 heterocycles. The van der Waals surface area contributed by atoms with E-state index in [0.29, 0.717) is 12.8 Å². The molecule has 1 fully saturated rings. The number of benzene rings is 2. The summed E-state index contributed by atoms with van der Waals surface area (Å²) in [6, 6.07) is 17.6. The zero-order valence-electron chi connectivity index (χ0n) is 15.8. The van der Waals surface area contributed by atoms with E-state index in [1.807, 2.05) is 12.1 Å². The normalized spacial score (nSPS) is 23.3. The van der Waals surface area contributed by atoms with E-state index in [2.05, 4.69) is 60.7 Å². The predicted octanol–water partition coefficient (Wildman–Crippen LogP) is 5.07. The quantitative estimate of drug-likeness (QED) is 0.762. The summed E-state index contributed by atoms with van der Waals surface area (Å²) in [4.78, 5) is 2.40. The summed E-state index contributed by atoms with van der Waals surface area (Å²) in [6.45, 7) is 0.324. The summed E-state index contributed by atoms with van der Waals surface area (Å²) < 4.78 is 10.9. The van der Waals surface area contributed by atoms with Crippen LogP contribution in [0.5, 0.6) is 11.5 Å². The van der Waals surface area contributed by atoms with Crippen LogP contribution in [0.15, 0.2) is 48.5 Å². The summed E-state index contributed by atoms with van der Waals surface area (Å²) in [5, 5.41) is 3.68. The summed E-state index contributed by atoms with van der Waals surface area (Å²) in [5.74, 6) is 1.68. The molecule has 2 aromatic carbocycles. The van der Waals surface area contributed by atoms with Gasteiger partial charge < -0.3 is 14.8 Å². The highest BCUT2D eigenvalue weighted by atomic mass is 35.5. The van der Waals surface area contributed by atoms with E-state index in [1.165, 1.54) is 5.56 Å². The molecular formula is C21H28Cl2N2O2. The monoisotopic (exact) mass is 410 g/mol. The first-order chi connectivity index (χ1) is 12.2. The third-order valence-electron chi connectivity index (χ3n) is 5.72. The Morgan fingerprint density at radius 2 is 1.59 bits per heavy atom. The van der Waals surface area contributed by atoms with Crippen LogP contribution in [0.25, 0.3) is 0 Å². The fraction of sp³-hybridized carbons (Fsp3) is 0.429. The van der Waals surface area contributed by atoms with Gasteiger partial charge in [0, 0.05) is 23.3 Å².